The molecule has 1 amide bonds. The molecule has 1 aromatic rings. The smallest absolute Gasteiger partial charge is 0.233 e. The fraction of sp³-hybridized carbons (Fsp3) is 0.583. The molecule has 1 fully saturated rings. The summed E-state index contributed by atoms with van der Waals surface area (Å²) >= 11 is 5.08. The van der Waals surface area contributed by atoms with Crippen molar-refractivity contribution >= 4 is 23.1 Å². The van der Waals surface area contributed by atoms with Gasteiger partial charge >= 0.3 is 0 Å². The molecule has 0 aliphatic heterocycles. The molecular weight excluding hydrogens is 248 g/mol. The summed E-state index contributed by atoms with van der Waals surface area (Å²) in [4.78, 5) is 12.6. The Balaban J connectivity index is 2.00. The molecule has 1 saturated carbocycles. The van der Waals surface area contributed by atoms with Gasteiger partial charge in [0.25, 0.3) is 0 Å². The molecule has 2 rings (SSSR count). The average Bonchev–Trinajstić information content (AvgIpc) is 2.95. The van der Waals surface area contributed by atoms with Crippen LogP contribution in [0.25, 0.3) is 0 Å². The third kappa shape index (κ3) is 2.38. The lowest BCUT2D eigenvalue weighted by Crippen LogP contribution is -2.47. The lowest BCUT2D eigenvalue weighted by atomic mass is 9.85. The van der Waals surface area contributed by atoms with Gasteiger partial charge in [-0.3, -0.25) is 9.48 Å². The zero-order valence-corrected chi connectivity index (χ0v) is 11.3. The average molecular weight is 266 g/mol. The zero-order valence-electron chi connectivity index (χ0n) is 10.5. The summed E-state index contributed by atoms with van der Waals surface area (Å²) in [6, 6.07) is 1.88. The van der Waals surface area contributed by atoms with Gasteiger partial charge < -0.3 is 11.1 Å². The maximum atomic E-state index is 12.3. The fourth-order valence-corrected chi connectivity index (χ4v) is 2.76. The molecule has 0 radical (unpaired) electrons. The largest absolute Gasteiger partial charge is 0.392 e. The molecule has 1 aromatic heterocycles. The zero-order chi connectivity index (χ0) is 13.2. The van der Waals surface area contributed by atoms with Crippen LogP contribution in [0.5, 0.6) is 0 Å². The normalized spacial score (nSPS) is 17.6. The number of rotatable bonds is 4. The Labute approximate surface area is 112 Å². The van der Waals surface area contributed by atoms with Crippen LogP contribution in [0.15, 0.2) is 12.3 Å². The number of nitrogens with zero attached hydrogens (tertiary/aromatic N) is 2. The van der Waals surface area contributed by atoms with Crippen molar-refractivity contribution in [1.29, 1.82) is 0 Å². The van der Waals surface area contributed by atoms with Crippen molar-refractivity contribution in [3.05, 3.63) is 18.0 Å². The van der Waals surface area contributed by atoms with E-state index in [2.05, 4.69) is 10.4 Å². The highest BCUT2D eigenvalue weighted by Gasteiger charge is 2.43. The Morgan fingerprint density at radius 1 is 1.61 bits per heavy atom. The molecule has 98 valence electrons. The molecule has 0 aromatic carbocycles. The van der Waals surface area contributed by atoms with E-state index in [9.17, 15) is 4.79 Å². The van der Waals surface area contributed by atoms with Crippen LogP contribution in [0, 0.1) is 5.41 Å². The van der Waals surface area contributed by atoms with E-state index in [1.165, 1.54) is 0 Å². The second kappa shape index (κ2) is 5.06. The van der Waals surface area contributed by atoms with Crippen molar-refractivity contribution in [3.8, 4) is 0 Å². The van der Waals surface area contributed by atoms with Gasteiger partial charge in [0.05, 0.1) is 22.6 Å². The van der Waals surface area contributed by atoms with Gasteiger partial charge in [0.15, 0.2) is 0 Å². The molecule has 0 bridgehead atoms. The number of hydrogen-bond acceptors (Lipinski definition) is 3. The number of aromatic nitrogens is 2. The van der Waals surface area contributed by atoms with E-state index >= 15 is 0 Å². The van der Waals surface area contributed by atoms with Crippen LogP contribution in [0.3, 0.4) is 0 Å². The molecule has 6 heteroatoms. The van der Waals surface area contributed by atoms with Gasteiger partial charge in [-0.1, -0.05) is 25.1 Å². The van der Waals surface area contributed by atoms with Gasteiger partial charge in [0.2, 0.25) is 5.91 Å². The Hall–Kier alpha value is -1.43. The highest BCUT2D eigenvalue weighted by atomic mass is 32.1. The van der Waals surface area contributed by atoms with Gasteiger partial charge in [-0.2, -0.15) is 5.10 Å². The Morgan fingerprint density at radius 2 is 2.28 bits per heavy atom. The fourth-order valence-electron chi connectivity index (χ4n) is 2.46. The molecule has 0 atom stereocenters. The standard InChI is InChI=1S/C12H18N4OS/c1-16-7-4-9(15-16)8-14-11(17)12(10(13)18)5-2-3-6-12/h4,7H,2-3,5-6,8H2,1H3,(H2,13,18)(H,14,17). The van der Waals surface area contributed by atoms with Crippen LogP contribution in [0.2, 0.25) is 0 Å². The third-order valence-electron chi connectivity index (χ3n) is 3.56. The van der Waals surface area contributed by atoms with Crippen LogP contribution >= 0.6 is 12.2 Å². The molecule has 0 saturated heterocycles. The predicted octanol–water partition coefficient (Wildman–Crippen LogP) is 0.883. The van der Waals surface area contributed by atoms with Gasteiger partial charge in [-0.05, 0) is 18.9 Å². The van der Waals surface area contributed by atoms with Crippen molar-refractivity contribution in [1.82, 2.24) is 15.1 Å². The SMILES string of the molecule is Cn1ccc(CNC(=O)C2(C(N)=S)CCCC2)n1. The number of hydrogen-bond donors (Lipinski definition) is 2. The van der Waals surface area contributed by atoms with E-state index in [4.69, 9.17) is 18.0 Å². The first-order valence-electron chi connectivity index (χ1n) is 6.11. The van der Waals surface area contributed by atoms with Crippen LogP contribution in [0.4, 0.5) is 0 Å². The number of nitrogens with two attached hydrogens (primary N) is 1. The van der Waals surface area contributed by atoms with E-state index in [-0.39, 0.29) is 5.91 Å². The molecule has 1 aliphatic carbocycles. The first kappa shape index (κ1) is 13.0. The summed E-state index contributed by atoms with van der Waals surface area (Å²) in [5.74, 6) is -0.0573. The van der Waals surface area contributed by atoms with E-state index in [1.807, 2.05) is 19.3 Å². The van der Waals surface area contributed by atoms with Crippen molar-refractivity contribution in [3.63, 3.8) is 0 Å². The summed E-state index contributed by atoms with van der Waals surface area (Å²) in [6.07, 6.45) is 5.38. The third-order valence-corrected chi connectivity index (χ3v) is 3.95. The van der Waals surface area contributed by atoms with Crippen molar-refractivity contribution in [2.75, 3.05) is 0 Å². The first-order chi connectivity index (χ1) is 8.54. The molecule has 3 N–H and O–H groups in total. The summed E-state index contributed by atoms with van der Waals surface area (Å²) in [5.41, 5.74) is 5.96. The van der Waals surface area contributed by atoms with Crippen molar-refractivity contribution in [2.24, 2.45) is 18.2 Å². The lowest BCUT2D eigenvalue weighted by molar-refractivity contribution is -0.127. The summed E-state index contributed by atoms with van der Waals surface area (Å²) in [6.45, 7) is 0.421. The van der Waals surface area contributed by atoms with E-state index < -0.39 is 5.41 Å². The van der Waals surface area contributed by atoms with E-state index in [1.54, 1.807) is 4.68 Å². The molecule has 18 heavy (non-hydrogen) atoms. The second-order valence-corrected chi connectivity index (χ2v) is 5.26. The Bertz CT molecular complexity index is 462. The summed E-state index contributed by atoms with van der Waals surface area (Å²) < 4.78 is 1.71. The molecular formula is C12H18N4OS. The summed E-state index contributed by atoms with van der Waals surface area (Å²) in [5, 5.41) is 7.11. The highest BCUT2D eigenvalue weighted by Crippen LogP contribution is 2.38. The van der Waals surface area contributed by atoms with E-state index in [0.29, 0.717) is 11.5 Å². The number of nitrogens with one attached hydrogen (secondary N) is 1. The first-order valence-corrected chi connectivity index (χ1v) is 6.52. The monoisotopic (exact) mass is 266 g/mol. The second-order valence-electron chi connectivity index (χ2n) is 4.82. The van der Waals surface area contributed by atoms with Crippen LogP contribution < -0.4 is 11.1 Å². The number of aryl methyl sites for hydroxylation is 1. The molecule has 0 unspecified atom stereocenters. The quantitative estimate of drug-likeness (QED) is 0.794. The molecule has 5 nitrogen and oxygen atoms in total. The number of carbonyl (C=O) groups excluding carboxylic acids is 1. The maximum Gasteiger partial charge on any atom is 0.233 e. The number of carbonyl (C=O) groups is 1. The number of amides is 1. The molecule has 1 heterocycles. The van der Waals surface area contributed by atoms with Crippen LogP contribution in [-0.4, -0.2) is 20.7 Å². The number of thiocarbonyl (C=S) groups is 1. The van der Waals surface area contributed by atoms with Gasteiger partial charge in [0, 0.05) is 13.2 Å². The minimum Gasteiger partial charge on any atom is -0.392 e. The Kier molecular flexibility index (Phi) is 3.65. The Morgan fingerprint density at radius 3 is 2.78 bits per heavy atom. The van der Waals surface area contributed by atoms with Gasteiger partial charge in [-0.25, -0.2) is 0 Å². The highest BCUT2D eigenvalue weighted by molar-refractivity contribution is 7.80. The van der Waals surface area contributed by atoms with Crippen molar-refractivity contribution in [2.45, 2.75) is 32.2 Å². The molecule has 0 spiro atoms. The maximum absolute atomic E-state index is 12.3. The van der Waals surface area contributed by atoms with Crippen LogP contribution in [-0.2, 0) is 18.4 Å². The van der Waals surface area contributed by atoms with Gasteiger partial charge in [-0.15, -0.1) is 0 Å². The predicted molar refractivity (Wildman–Crippen MR) is 72.7 cm³/mol. The van der Waals surface area contributed by atoms with Crippen molar-refractivity contribution < 1.29 is 4.79 Å². The topological polar surface area (TPSA) is 72.9 Å². The van der Waals surface area contributed by atoms with E-state index in [0.717, 1.165) is 31.4 Å². The molecule has 1 aliphatic rings. The summed E-state index contributed by atoms with van der Waals surface area (Å²) in [7, 11) is 1.85. The minimum atomic E-state index is -0.635. The lowest BCUT2D eigenvalue weighted by Gasteiger charge is -2.25. The van der Waals surface area contributed by atoms with Gasteiger partial charge in [0.1, 0.15) is 0 Å². The minimum absolute atomic E-state index is 0.0573. The van der Waals surface area contributed by atoms with Crippen LogP contribution in [0.1, 0.15) is 31.4 Å².